The number of esters is 1. The van der Waals surface area contributed by atoms with Gasteiger partial charge in [0.05, 0.1) is 37.2 Å². The number of aliphatic hydroxyl groups is 1. The van der Waals surface area contributed by atoms with Crippen molar-refractivity contribution in [2.75, 3.05) is 44.0 Å². The average Bonchev–Trinajstić information content (AvgIpc) is 2.87. The molecular weight excluding hydrogens is 378 g/mol. The van der Waals surface area contributed by atoms with E-state index >= 15 is 0 Å². The summed E-state index contributed by atoms with van der Waals surface area (Å²) in [7, 11) is 1.27. The van der Waals surface area contributed by atoms with Gasteiger partial charge in [-0.25, -0.2) is 4.79 Å². The number of nitrogens with one attached hydrogen (secondary N) is 2. The number of β-amino-alcohol motifs (C(OH)–C–C–N with tert-alkyl or cyclic N) is 1. The summed E-state index contributed by atoms with van der Waals surface area (Å²) in [6, 6.07) is 5.58. The highest BCUT2D eigenvalue weighted by Gasteiger charge is 2.34. The maximum absolute atomic E-state index is 12.5. The van der Waals surface area contributed by atoms with Gasteiger partial charge >= 0.3 is 5.97 Å². The van der Waals surface area contributed by atoms with Gasteiger partial charge in [-0.15, -0.1) is 0 Å². The Morgan fingerprint density at radius 3 is 2.79 bits per heavy atom. The normalized spacial score (nSPS) is 14.2. The molecule has 24 heavy (non-hydrogen) atoms. The molecule has 8 heteroatoms. The number of nitrogens with zero attached hydrogens (tertiary/aromatic N) is 1. The zero-order chi connectivity index (χ0) is 17.7. The second-order valence-corrected chi connectivity index (χ2v) is 6.06. The Hall–Kier alpha value is -2.06. The van der Waals surface area contributed by atoms with Crippen molar-refractivity contribution in [3.63, 3.8) is 0 Å². The highest BCUT2D eigenvalue weighted by molar-refractivity contribution is 9.10. The van der Waals surface area contributed by atoms with Crippen LogP contribution in [0.2, 0.25) is 0 Å². The summed E-state index contributed by atoms with van der Waals surface area (Å²) < 4.78 is 5.61. The Morgan fingerprint density at radius 1 is 1.42 bits per heavy atom. The maximum Gasteiger partial charge on any atom is 0.337 e. The number of benzene rings is 1. The molecule has 1 aliphatic rings. The number of carbonyl (C=O) groups is 2. The quantitative estimate of drug-likeness (QED) is 0.604. The molecular formula is C16H20BrN3O4. The molecule has 0 unspecified atom stereocenters. The van der Waals surface area contributed by atoms with Crippen molar-refractivity contribution in [1.82, 2.24) is 4.90 Å². The third-order valence-corrected chi connectivity index (χ3v) is 4.06. The SMILES string of the molecule is CCNc1ccc(Br)cc1NC1=C(C(=O)OC)CN(CCO)C1=O. The van der Waals surface area contributed by atoms with Crippen molar-refractivity contribution in [2.24, 2.45) is 0 Å². The molecule has 0 fully saturated rings. The van der Waals surface area contributed by atoms with Gasteiger partial charge < -0.3 is 25.4 Å². The van der Waals surface area contributed by atoms with Crippen LogP contribution in [0.25, 0.3) is 0 Å². The molecule has 3 N–H and O–H groups in total. The fourth-order valence-electron chi connectivity index (χ4n) is 2.45. The molecule has 1 aliphatic heterocycles. The first kappa shape index (κ1) is 18.3. The van der Waals surface area contributed by atoms with Crippen LogP contribution >= 0.6 is 15.9 Å². The van der Waals surface area contributed by atoms with Gasteiger partial charge in [0.1, 0.15) is 5.70 Å². The third-order valence-electron chi connectivity index (χ3n) is 3.56. The van der Waals surface area contributed by atoms with Crippen molar-refractivity contribution in [2.45, 2.75) is 6.92 Å². The number of aliphatic hydroxyl groups excluding tert-OH is 1. The van der Waals surface area contributed by atoms with Crippen molar-refractivity contribution < 1.29 is 19.4 Å². The first-order valence-corrected chi connectivity index (χ1v) is 8.33. The predicted octanol–water partition coefficient (Wildman–Crippen LogP) is 1.55. The van der Waals surface area contributed by atoms with Crippen LogP contribution in [0.4, 0.5) is 11.4 Å². The first-order chi connectivity index (χ1) is 11.5. The van der Waals surface area contributed by atoms with Gasteiger partial charge in [-0.2, -0.15) is 0 Å². The second kappa shape index (κ2) is 8.16. The van der Waals surface area contributed by atoms with Gasteiger partial charge in [0.25, 0.3) is 5.91 Å². The van der Waals surface area contributed by atoms with Gasteiger partial charge in [0.2, 0.25) is 0 Å². The van der Waals surface area contributed by atoms with E-state index in [1.807, 2.05) is 25.1 Å². The highest BCUT2D eigenvalue weighted by Crippen LogP contribution is 2.30. The molecule has 0 aromatic heterocycles. The number of carbonyl (C=O) groups excluding carboxylic acids is 2. The average molecular weight is 398 g/mol. The number of hydrogen-bond acceptors (Lipinski definition) is 6. The molecule has 0 radical (unpaired) electrons. The number of halogens is 1. The van der Waals surface area contributed by atoms with E-state index < -0.39 is 5.97 Å². The monoisotopic (exact) mass is 397 g/mol. The van der Waals surface area contributed by atoms with Gasteiger partial charge in [-0.05, 0) is 25.1 Å². The highest BCUT2D eigenvalue weighted by atomic mass is 79.9. The lowest BCUT2D eigenvalue weighted by molar-refractivity contribution is -0.136. The molecule has 2 rings (SSSR count). The van der Waals surface area contributed by atoms with Crippen LogP contribution in [0.3, 0.4) is 0 Å². The van der Waals surface area contributed by atoms with Gasteiger partial charge in [0, 0.05) is 17.6 Å². The molecule has 1 amide bonds. The fraction of sp³-hybridized carbons (Fsp3) is 0.375. The van der Waals surface area contributed by atoms with E-state index in [9.17, 15) is 9.59 Å². The number of amides is 1. The minimum absolute atomic E-state index is 0.110. The summed E-state index contributed by atoms with van der Waals surface area (Å²) >= 11 is 3.40. The lowest BCUT2D eigenvalue weighted by Crippen LogP contribution is -2.31. The van der Waals surface area contributed by atoms with Crippen molar-refractivity contribution in [3.8, 4) is 0 Å². The molecule has 0 spiro atoms. The molecule has 7 nitrogen and oxygen atoms in total. The van der Waals surface area contributed by atoms with E-state index in [4.69, 9.17) is 9.84 Å². The smallest absolute Gasteiger partial charge is 0.337 e. The topological polar surface area (TPSA) is 90.9 Å². The van der Waals surface area contributed by atoms with Crippen LogP contribution in [0.1, 0.15) is 6.92 Å². The minimum Gasteiger partial charge on any atom is -0.466 e. The van der Waals surface area contributed by atoms with E-state index in [-0.39, 0.29) is 36.9 Å². The van der Waals surface area contributed by atoms with Crippen molar-refractivity contribution in [3.05, 3.63) is 33.9 Å². The summed E-state index contributed by atoms with van der Waals surface area (Å²) in [6.45, 7) is 2.77. The lowest BCUT2D eigenvalue weighted by atomic mass is 10.2. The third kappa shape index (κ3) is 3.88. The van der Waals surface area contributed by atoms with Crippen molar-refractivity contribution in [1.29, 1.82) is 0 Å². The second-order valence-electron chi connectivity index (χ2n) is 5.14. The maximum atomic E-state index is 12.5. The Bertz CT molecular complexity index is 675. The molecule has 1 aromatic carbocycles. The molecule has 1 heterocycles. The van der Waals surface area contributed by atoms with E-state index in [1.54, 1.807) is 0 Å². The Labute approximate surface area is 148 Å². The number of hydrogen-bond donors (Lipinski definition) is 3. The van der Waals surface area contributed by atoms with E-state index in [0.717, 1.165) is 10.2 Å². The van der Waals surface area contributed by atoms with Crippen LogP contribution < -0.4 is 10.6 Å². The summed E-state index contributed by atoms with van der Waals surface area (Å²) in [5, 5.41) is 15.3. The van der Waals surface area contributed by atoms with E-state index in [0.29, 0.717) is 12.2 Å². The standard InChI is InChI=1S/C16H20BrN3O4/c1-3-18-12-5-4-10(17)8-13(12)19-14-11(16(23)24-2)9-20(6-7-21)15(14)22/h4-5,8,18-19,21H,3,6-7,9H2,1-2H3. The number of methoxy groups -OCH3 is 1. The lowest BCUT2D eigenvalue weighted by Gasteiger charge is -2.16. The summed E-state index contributed by atoms with van der Waals surface area (Å²) in [4.78, 5) is 25.9. The Kier molecular flexibility index (Phi) is 6.22. The van der Waals surface area contributed by atoms with Crippen LogP contribution in [0.15, 0.2) is 33.9 Å². The zero-order valence-corrected chi connectivity index (χ0v) is 15.1. The Balaban J connectivity index is 2.38. The van der Waals surface area contributed by atoms with Crippen LogP contribution in [0, 0.1) is 0 Å². The van der Waals surface area contributed by atoms with Crippen LogP contribution in [-0.2, 0) is 14.3 Å². The number of rotatable bonds is 7. The molecule has 0 bridgehead atoms. The summed E-state index contributed by atoms with van der Waals surface area (Å²) in [5.74, 6) is -0.904. The number of anilines is 2. The molecule has 0 atom stereocenters. The van der Waals surface area contributed by atoms with E-state index in [1.165, 1.54) is 12.0 Å². The fourth-order valence-corrected chi connectivity index (χ4v) is 2.81. The molecule has 1 aromatic rings. The largest absolute Gasteiger partial charge is 0.466 e. The van der Waals surface area contributed by atoms with Crippen molar-refractivity contribution >= 4 is 39.2 Å². The molecule has 0 saturated heterocycles. The van der Waals surface area contributed by atoms with Gasteiger partial charge in [-0.3, -0.25) is 4.79 Å². The van der Waals surface area contributed by atoms with Crippen LogP contribution in [0.5, 0.6) is 0 Å². The van der Waals surface area contributed by atoms with E-state index in [2.05, 4.69) is 26.6 Å². The zero-order valence-electron chi connectivity index (χ0n) is 13.6. The summed E-state index contributed by atoms with van der Waals surface area (Å²) in [5.41, 5.74) is 1.90. The summed E-state index contributed by atoms with van der Waals surface area (Å²) in [6.07, 6.45) is 0. The van der Waals surface area contributed by atoms with Crippen LogP contribution in [-0.4, -0.2) is 55.2 Å². The van der Waals surface area contributed by atoms with Gasteiger partial charge in [-0.1, -0.05) is 15.9 Å². The predicted molar refractivity (Wildman–Crippen MR) is 94.6 cm³/mol. The first-order valence-electron chi connectivity index (χ1n) is 7.53. The van der Waals surface area contributed by atoms with Gasteiger partial charge in [0.15, 0.2) is 0 Å². The number of ether oxygens (including phenoxy) is 1. The Morgan fingerprint density at radius 2 is 2.17 bits per heavy atom. The minimum atomic E-state index is -0.564. The molecule has 0 saturated carbocycles. The molecule has 0 aliphatic carbocycles. The molecule has 130 valence electrons.